The number of thioether (sulfide) groups is 1. The van der Waals surface area contributed by atoms with Gasteiger partial charge in [-0.2, -0.15) is 0 Å². The highest BCUT2D eigenvalue weighted by Gasteiger charge is 2.35. The maximum absolute atomic E-state index is 14.1. The largest absolute Gasteiger partial charge is 0.342 e. The molecule has 3 aromatic carbocycles. The average molecular weight is 511 g/mol. The van der Waals surface area contributed by atoms with Gasteiger partial charge in [-0.15, -0.1) is 0 Å². The Bertz CT molecular complexity index is 1480. The van der Waals surface area contributed by atoms with Crippen molar-refractivity contribution in [1.82, 2.24) is 9.47 Å². The standard InChI is InChI=1S/C26H17Cl2FN2O2S/c27-19-10-9-16(21(28)12-19)13-30-14-18(20-6-2-4-8-23(20)30)11-24-25(32)31(26(33)34-24)15-17-5-1-3-7-22(17)29/h1-12,14H,13,15H2/b24-11-. The summed E-state index contributed by atoms with van der Waals surface area (Å²) >= 11 is 13.3. The summed E-state index contributed by atoms with van der Waals surface area (Å²) < 4.78 is 16.1. The van der Waals surface area contributed by atoms with E-state index in [0.29, 0.717) is 27.1 Å². The number of benzene rings is 3. The van der Waals surface area contributed by atoms with E-state index in [1.165, 1.54) is 6.07 Å². The van der Waals surface area contributed by atoms with Crippen LogP contribution in [0.25, 0.3) is 17.0 Å². The van der Waals surface area contributed by atoms with Crippen LogP contribution in [0.5, 0.6) is 0 Å². The topological polar surface area (TPSA) is 42.3 Å². The first-order chi connectivity index (χ1) is 16.4. The van der Waals surface area contributed by atoms with Crippen LogP contribution in [0.3, 0.4) is 0 Å². The van der Waals surface area contributed by atoms with Gasteiger partial charge < -0.3 is 4.57 Å². The molecule has 34 heavy (non-hydrogen) atoms. The van der Waals surface area contributed by atoms with E-state index in [2.05, 4.69) is 0 Å². The van der Waals surface area contributed by atoms with E-state index in [0.717, 1.165) is 38.7 Å². The van der Waals surface area contributed by atoms with Gasteiger partial charge in [0.15, 0.2) is 0 Å². The number of hydrogen-bond donors (Lipinski definition) is 0. The Balaban J connectivity index is 1.48. The summed E-state index contributed by atoms with van der Waals surface area (Å²) in [7, 11) is 0. The number of amides is 2. The number of rotatable bonds is 5. The molecule has 4 aromatic rings. The third kappa shape index (κ3) is 4.37. The summed E-state index contributed by atoms with van der Waals surface area (Å²) in [6.45, 7) is 0.407. The molecule has 1 fully saturated rings. The number of carbonyl (C=O) groups excluding carboxylic acids is 2. The zero-order valence-electron chi connectivity index (χ0n) is 17.7. The second-order valence-electron chi connectivity index (χ2n) is 7.82. The van der Waals surface area contributed by atoms with E-state index in [-0.39, 0.29) is 6.54 Å². The minimum Gasteiger partial charge on any atom is -0.342 e. The first-order valence-corrected chi connectivity index (χ1v) is 12.0. The Kier molecular flexibility index (Phi) is 6.21. The number of hydrogen-bond acceptors (Lipinski definition) is 3. The van der Waals surface area contributed by atoms with Gasteiger partial charge in [0.25, 0.3) is 11.1 Å². The zero-order chi connectivity index (χ0) is 23.8. The highest BCUT2D eigenvalue weighted by molar-refractivity contribution is 8.18. The lowest BCUT2D eigenvalue weighted by Gasteiger charge is -2.12. The van der Waals surface area contributed by atoms with Crippen molar-refractivity contribution in [2.75, 3.05) is 0 Å². The molecule has 2 heterocycles. The molecule has 0 saturated carbocycles. The predicted octanol–water partition coefficient (Wildman–Crippen LogP) is 7.37. The number of para-hydroxylation sites is 1. The van der Waals surface area contributed by atoms with Crippen LogP contribution >= 0.6 is 35.0 Å². The molecular weight excluding hydrogens is 494 g/mol. The van der Waals surface area contributed by atoms with Crippen molar-refractivity contribution in [1.29, 1.82) is 0 Å². The highest BCUT2D eigenvalue weighted by Crippen LogP contribution is 2.35. The van der Waals surface area contributed by atoms with Gasteiger partial charge in [0.05, 0.1) is 11.4 Å². The van der Waals surface area contributed by atoms with Gasteiger partial charge in [0.2, 0.25) is 0 Å². The number of nitrogens with zero attached hydrogens (tertiary/aromatic N) is 2. The zero-order valence-corrected chi connectivity index (χ0v) is 20.0. The van der Waals surface area contributed by atoms with Crippen molar-refractivity contribution in [3.05, 3.63) is 110 Å². The fourth-order valence-electron chi connectivity index (χ4n) is 3.93. The lowest BCUT2D eigenvalue weighted by molar-refractivity contribution is -0.123. The van der Waals surface area contributed by atoms with Crippen molar-refractivity contribution in [2.24, 2.45) is 0 Å². The summed E-state index contributed by atoms with van der Waals surface area (Å²) in [4.78, 5) is 26.9. The van der Waals surface area contributed by atoms with Crippen molar-refractivity contribution >= 4 is 63.1 Å². The minimum absolute atomic E-state index is 0.106. The smallest absolute Gasteiger partial charge is 0.293 e. The molecule has 0 radical (unpaired) electrons. The van der Waals surface area contributed by atoms with Gasteiger partial charge >= 0.3 is 0 Å². The summed E-state index contributed by atoms with van der Waals surface area (Å²) in [5, 5.41) is 1.66. The average Bonchev–Trinajstić information content (AvgIpc) is 3.29. The van der Waals surface area contributed by atoms with Crippen molar-refractivity contribution in [3.63, 3.8) is 0 Å². The summed E-state index contributed by atoms with van der Waals surface area (Å²) in [6, 6.07) is 19.3. The van der Waals surface area contributed by atoms with E-state index in [4.69, 9.17) is 23.2 Å². The van der Waals surface area contributed by atoms with Crippen molar-refractivity contribution in [2.45, 2.75) is 13.1 Å². The van der Waals surface area contributed by atoms with Gasteiger partial charge in [-0.25, -0.2) is 4.39 Å². The van der Waals surface area contributed by atoms with Crippen LogP contribution in [-0.2, 0) is 17.9 Å². The first-order valence-electron chi connectivity index (χ1n) is 10.4. The molecule has 8 heteroatoms. The van der Waals surface area contributed by atoms with E-state index in [9.17, 15) is 14.0 Å². The highest BCUT2D eigenvalue weighted by atomic mass is 35.5. The molecule has 0 bridgehead atoms. The number of aromatic nitrogens is 1. The fraction of sp³-hybridized carbons (Fsp3) is 0.0769. The van der Waals surface area contributed by atoms with Gasteiger partial charge in [0, 0.05) is 44.8 Å². The molecule has 170 valence electrons. The minimum atomic E-state index is -0.450. The van der Waals surface area contributed by atoms with Crippen LogP contribution in [0.15, 0.2) is 77.8 Å². The van der Waals surface area contributed by atoms with E-state index < -0.39 is 17.0 Å². The third-order valence-electron chi connectivity index (χ3n) is 5.62. The van der Waals surface area contributed by atoms with E-state index in [1.54, 1.807) is 36.4 Å². The number of fused-ring (bicyclic) bond motifs is 1. The van der Waals surface area contributed by atoms with Crippen LogP contribution in [0.1, 0.15) is 16.7 Å². The Hall–Kier alpha value is -3.06. The molecule has 0 spiro atoms. The maximum Gasteiger partial charge on any atom is 0.293 e. The molecule has 1 aliphatic rings. The second kappa shape index (κ2) is 9.29. The van der Waals surface area contributed by atoms with Gasteiger partial charge in [-0.1, -0.05) is 65.7 Å². The van der Waals surface area contributed by atoms with Crippen LogP contribution < -0.4 is 0 Å². The molecule has 4 nitrogen and oxygen atoms in total. The maximum atomic E-state index is 14.1. The molecule has 0 atom stereocenters. The Morgan fingerprint density at radius 3 is 2.47 bits per heavy atom. The number of halogens is 3. The van der Waals surface area contributed by atoms with Gasteiger partial charge in [-0.3, -0.25) is 14.5 Å². The lowest BCUT2D eigenvalue weighted by atomic mass is 10.1. The Morgan fingerprint density at radius 1 is 0.912 bits per heavy atom. The third-order valence-corrected chi connectivity index (χ3v) is 7.12. The fourth-order valence-corrected chi connectivity index (χ4v) is 5.23. The molecule has 0 N–H and O–H groups in total. The van der Waals surface area contributed by atoms with Crippen LogP contribution in [0, 0.1) is 5.82 Å². The molecule has 2 amide bonds. The van der Waals surface area contributed by atoms with Crippen molar-refractivity contribution in [3.8, 4) is 0 Å². The molecule has 0 aliphatic carbocycles. The Labute approximate surface area is 209 Å². The normalized spacial score (nSPS) is 15.1. The van der Waals surface area contributed by atoms with Gasteiger partial charge in [0.1, 0.15) is 5.82 Å². The first kappa shape index (κ1) is 22.7. The second-order valence-corrected chi connectivity index (χ2v) is 9.66. The van der Waals surface area contributed by atoms with E-state index >= 15 is 0 Å². The SMILES string of the molecule is O=C1S/C(=C\c2cn(Cc3ccc(Cl)cc3Cl)c3ccccc23)C(=O)N1Cc1ccccc1F. The monoisotopic (exact) mass is 510 g/mol. The lowest BCUT2D eigenvalue weighted by Crippen LogP contribution is -2.27. The number of imide groups is 1. The van der Waals surface area contributed by atoms with Crippen LogP contribution in [-0.4, -0.2) is 20.6 Å². The van der Waals surface area contributed by atoms with E-state index in [1.807, 2.05) is 41.1 Å². The molecular formula is C26H17Cl2FN2O2S. The quantitative estimate of drug-likeness (QED) is 0.263. The molecule has 1 aromatic heterocycles. The molecule has 5 rings (SSSR count). The van der Waals surface area contributed by atoms with Crippen LogP contribution in [0.2, 0.25) is 10.0 Å². The predicted molar refractivity (Wildman–Crippen MR) is 135 cm³/mol. The summed E-state index contributed by atoms with van der Waals surface area (Å²) in [6.07, 6.45) is 3.65. The molecule has 0 unspecified atom stereocenters. The van der Waals surface area contributed by atoms with Crippen molar-refractivity contribution < 1.29 is 14.0 Å². The summed E-state index contributed by atoms with van der Waals surface area (Å²) in [5.74, 6) is -0.884. The molecule has 1 saturated heterocycles. The molecule has 1 aliphatic heterocycles. The van der Waals surface area contributed by atoms with Crippen LogP contribution in [0.4, 0.5) is 9.18 Å². The summed E-state index contributed by atoms with van der Waals surface area (Å²) in [5.41, 5.74) is 2.97. The Morgan fingerprint density at radius 2 is 1.68 bits per heavy atom. The number of carbonyl (C=O) groups is 2. The van der Waals surface area contributed by atoms with Gasteiger partial charge in [-0.05, 0) is 47.7 Å².